The first-order valence-electron chi connectivity index (χ1n) is 13.1. The van der Waals surface area contributed by atoms with E-state index < -0.39 is 6.09 Å². The summed E-state index contributed by atoms with van der Waals surface area (Å²) in [5.41, 5.74) is 4.04. The molecule has 2 fully saturated rings. The number of aromatic nitrogens is 3. The minimum atomic E-state index is -0.443. The van der Waals surface area contributed by atoms with E-state index in [1.165, 1.54) is 0 Å². The number of carbonyl (C=O) groups excluding carboxylic acids is 1. The number of anilines is 1. The molecule has 2 aliphatic carbocycles. The Labute approximate surface area is 220 Å². The zero-order valence-electron chi connectivity index (χ0n) is 21.4. The highest BCUT2D eigenvalue weighted by Gasteiger charge is 2.31. The molecule has 6 rings (SSSR count). The van der Waals surface area contributed by atoms with Crippen molar-refractivity contribution in [3.63, 3.8) is 0 Å². The summed E-state index contributed by atoms with van der Waals surface area (Å²) >= 11 is 0. The van der Waals surface area contributed by atoms with Gasteiger partial charge in [0.2, 0.25) is 0 Å². The van der Waals surface area contributed by atoms with Gasteiger partial charge < -0.3 is 18.6 Å². The second-order valence-corrected chi connectivity index (χ2v) is 10.1. The second-order valence-electron chi connectivity index (χ2n) is 10.1. The van der Waals surface area contributed by atoms with Crippen molar-refractivity contribution in [3.05, 3.63) is 59.7 Å². The predicted molar refractivity (Wildman–Crippen MR) is 141 cm³/mol. The fraction of sp³-hybridized carbons (Fsp3) is 0.379. The third-order valence-electron chi connectivity index (χ3n) is 7.44. The van der Waals surface area contributed by atoms with Crippen molar-refractivity contribution < 1.29 is 18.8 Å². The van der Waals surface area contributed by atoms with Gasteiger partial charge in [-0.2, -0.15) is 10.2 Å². The fourth-order valence-electron chi connectivity index (χ4n) is 5.03. The van der Waals surface area contributed by atoms with Crippen molar-refractivity contribution in [1.82, 2.24) is 14.7 Å². The van der Waals surface area contributed by atoms with Crippen LogP contribution in [-0.2, 0) is 11.3 Å². The molecule has 0 saturated heterocycles. The molecule has 1 amide bonds. The SMILES string of the molecule is Cc1noc(COc2ccc3c(C#N)c(-c4ccc(NC(=O)OC(C)C5CC5)cc4)n(C4CCC4)c3c2)n1. The molecule has 1 unspecified atom stereocenters. The quantitative estimate of drug-likeness (QED) is 0.286. The van der Waals surface area contributed by atoms with Crippen LogP contribution in [0.1, 0.15) is 62.3 Å². The topological polar surface area (TPSA) is 115 Å². The molecule has 0 spiro atoms. The number of nitrogens with one attached hydrogen (secondary N) is 1. The number of amides is 1. The Bertz CT molecular complexity index is 1520. The molecule has 2 aromatic heterocycles. The molecular formula is C29H29N5O4. The number of benzene rings is 2. The number of nitriles is 1. The van der Waals surface area contributed by atoms with Gasteiger partial charge in [0.05, 0.1) is 16.8 Å². The normalized spacial score (nSPS) is 16.0. The highest BCUT2D eigenvalue weighted by atomic mass is 16.6. The smallest absolute Gasteiger partial charge is 0.411 e. The maximum Gasteiger partial charge on any atom is 0.411 e. The Morgan fingerprint density at radius 2 is 2.00 bits per heavy atom. The van der Waals surface area contributed by atoms with Gasteiger partial charge in [-0.3, -0.25) is 5.32 Å². The van der Waals surface area contributed by atoms with Crippen LogP contribution < -0.4 is 10.1 Å². The average molecular weight is 512 g/mol. The molecule has 4 aromatic rings. The van der Waals surface area contributed by atoms with E-state index in [2.05, 4.69) is 26.1 Å². The average Bonchev–Trinajstić information content (AvgIpc) is 3.59. The summed E-state index contributed by atoms with van der Waals surface area (Å²) < 4.78 is 18.9. The first kappa shape index (κ1) is 24.0. The highest BCUT2D eigenvalue weighted by Crippen LogP contribution is 2.43. The first-order valence-corrected chi connectivity index (χ1v) is 13.1. The fourth-order valence-corrected chi connectivity index (χ4v) is 5.03. The summed E-state index contributed by atoms with van der Waals surface area (Å²) in [5, 5.41) is 17.7. The molecule has 0 aliphatic heterocycles. The molecule has 9 nitrogen and oxygen atoms in total. The molecule has 1 atom stereocenters. The summed E-state index contributed by atoms with van der Waals surface area (Å²) in [6.45, 7) is 3.87. The molecule has 38 heavy (non-hydrogen) atoms. The lowest BCUT2D eigenvalue weighted by Gasteiger charge is -2.30. The summed E-state index contributed by atoms with van der Waals surface area (Å²) in [6.07, 6.45) is 4.98. The van der Waals surface area contributed by atoms with Gasteiger partial charge in [-0.1, -0.05) is 17.3 Å². The zero-order valence-corrected chi connectivity index (χ0v) is 21.4. The second kappa shape index (κ2) is 9.86. The number of aryl methyl sites for hydroxylation is 1. The van der Waals surface area contributed by atoms with Crippen LogP contribution in [0.15, 0.2) is 47.0 Å². The lowest BCUT2D eigenvalue weighted by molar-refractivity contribution is 0.108. The monoisotopic (exact) mass is 511 g/mol. The van der Waals surface area contributed by atoms with Crippen molar-refractivity contribution in [3.8, 4) is 23.1 Å². The summed E-state index contributed by atoms with van der Waals surface area (Å²) in [4.78, 5) is 16.5. The van der Waals surface area contributed by atoms with Crippen molar-refractivity contribution in [2.24, 2.45) is 5.92 Å². The van der Waals surface area contributed by atoms with Crippen LogP contribution in [0.4, 0.5) is 10.5 Å². The summed E-state index contributed by atoms with van der Waals surface area (Å²) in [7, 11) is 0. The molecule has 0 radical (unpaired) electrons. The minimum absolute atomic E-state index is 0.0735. The molecule has 2 aromatic carbocycles. The van der Waals surface area contributed by atoms with Crippen molar-refractivity contribution in [2.45, 2.75) is 64.7 Å². The predicted octanol–water partition coefficient (Wildman–Crippen LogP) is 6.52. The van der Waals surface area contributed by atoms with Crippen LogP contribution in [-0.4, -0.2) is 26.9 Å². The number of ether oxygens (including phenoxy) is 2. The zero-order chi connectivity index (χ0) is 26.2. The molecule has 1 N–H and O–H groups in total. The number of fused-ring (bicyclic) bond motifs is 1. The van der Waals surface area contributed by atoms with E-state index in [1.54, 1.807) is 6.92 Å². The largest absolute Gasteiger partial charge is 0.484 e. The van der Waals surface area contributed by atoms with Gasteiger partial charge in [0, 0.05) is 23.2 Å². The van der Waals surface area contributed by atoms with E-state index in [4.69, 9.17) is 14.0 Å². The minimum Gasteiger partial charge on any atom is -0.484 e. The third-order valence-corrected chi connectivity index (χ3v) is 7.44. The molecule has 2 heterocycles. The van der Waals surface area contributed by atoms with Crippen LogP contribution in [0.2, 0.25) is 0 Å². The Morgan fingerprint density at radius 1 is 1.21 bits per heavy atom. The van der Waals surface area contributed by atoms with Crippen LogP contribution >= 0.6 is 0 Å². The van der Waals surface area contributed by atoms with Gasteiger partial charge in [0.25, 0.3) is 5.89 Å². The van der Waals surface area contributed by atoms with E-state index in [0.29, 0.717) is 40.7 Å². The van der Waals surface area contributed by atoms with Gasteiger partial charge in [0.1, 0.15) is 17.9 Å². The van der Waals surface area contributed by atoms with Gasteiger partial charge in [-0.05, 0) is 81.7 Å². The van der Waals surface area contributed by atoms with Crippen LogP contribution in [0.25, 0.3) is 22.2 Å². The van der Waals surface area contributed by atoms with Crippen LogP contribution in [0, 0.1) is 24.2 Å². The third kappa shape index (κ3) is 4.70. The lowest BCUT2D eigenvalue weighted by atomic mass is 9.92. The Hall–Kier alpha value is -4.32. The summed E-state index contributed by atoms with van der Waals surface area (Å²) in [5.74, 6) is 2.12. The maximum atomic E-state index is 12.3. The standard InChI is InChI=1S/C29H29N5O4/c1-17(19-6-7-19)37-29(35)32-21-10-8-20(9-11-21)28-25(15-30)24-13-12-23(36-16-27-31-18(2)33-38-27)14-26(24)34(28)22-4-3-5-22/h8-14,17,19,22H,3-7,16H2,1-2H3,(H,32,35). The van der Waals surface area contributed by atoms with E-state index in [1.807, 2.05) is 49.4 Å². The first-order chi connectivity index (χ1) is 18.5. The molecule has 0 bridgehead atoms. The van der Waals surface area contributed by atoms with Gasteiger partial charge >= 0.3 is 6.09 Å². The van der Waals surface area contributed by atoms with Crippen molar-refractivity contribution >= 4 is 22.7 Å². The number of rotatable bonds is 8. The van der Waals surface area contributed by atoms with E-state index in [9.17, 15) is 10.1 Å². The number of hydrogen-bond donors (Lipinski definition) is 1. The number of nitrogens with zero attached hydrogens (tertiary/aromatic N) is 4. The number of hydrogen-bond acceptors (Lipinski definition) is 7. The van der Waals surface area contributed by atoms with Crippen LogP contribution in [0.5, 0.6) is 5.75 Å². The molecule has 2 aliphatic rings. The van der Waals surface area contributed by atoms with Gasteiger partial charge in [-0.15, -0.1) is 0 Å². The van der Waals surface area contributed by atoms with E-state index >= 15 is 0 Å². The molecule has 9 heteroatoms. The lowest BCUT2D eigenvalue weighted by Crippen LogP contribution is -2.21. The van der Waals surface area contributed by atoms with E-state index in [0.717, 1.165) is 54.3 Å². The molecule has 194 valence electrons. The van der Waals surface area contributed by atoms with Crippen molar-refractivity contribution in [1.29, 1.82) is 5.26 Å². The van der Waals surface area contributed by atoms with Crippen LogP contribution in [0.3, 0.4) is 0 Å². The Kier molecular flexibility index (Phi) is 6.24. The molecule has 2 saturated carbocycles. The summed E-state index contributed by atoms with van der Waals surface area (Å²) in [6, 6.07) is 16.1. The van der Waals surface area contributed by atoms with Gasteiger partial charge in [0.15, 0.2) is 12.4 Å². The van der Waals surface area contributed by atoms with Gasteiger partial charge in [-0.25, -0.2) is 4.79 Å². The molecular weight excluding hydrogens is 482 g/mol. The van der Waals surface area contributed by atoms with E-state index in [-0.39, 0.29) is 12.7 Å². The Balaban J connectivity index is 1.30. The number of carbonyl (C=O) groups is 1. The Morgan fingerprint density at radius 3 is 2.63 bits per heavy atom. The van der Waals surface area contributed by atoms with Crippen molar-refractivity contribution in [2.75, 3.05) is 5.32 Å². The highest BCUT2D eigenvalue weighted by molar-refractivity contribution is 5.96. The maximum absolute atomic E-state index is 12.3.